The van der Waals surface area contributed by atoms with Crippen LogP contribution in [-0.4, -0.2) is 11.9 Å². The van der Waals surface area contributed by atoms with Crippen LogP contribution in [0.4, 0.5) is 0 Å². The van der Waals surface area contributed by atoms with Gasteiger partial charge in [0.25, 0.3) is 0 Å². The summed E-state index contributed by atoms with van der Waals surface area (Å²) in [7, 11) is 0. The lowest BCUT2D eigenvalue weighted by Crippen LogP contribution is -3.02. The van der Waals surface area contributed by atoms with Crippen molar-refractivity contribution in [3.05, 3.63) is 0 Å². The monoisotopic (exact) mass is 256 g/mol. The molecular formula is C16H16O3. The Labute approximate surface area is 111 Å². The number of hydrogen-bond acceptors (Lipinski definition) is 3. The Balaban J connectivity index is 1.51. The Hall–Kier alpha value is -0.860. The molecule has 0 aromatic heterocycles. The van der Waals surface area contributed by atoms with Crippen LogP contribution < -0.4 is 0 Å². The molecule has 1 heterocycles. The van der Waals surface area contributed by atoms with Gasteiger partial charge >= 0.3 is 11.9 Å². The highest BCUT2D eigenvalue weighted by molar-refractivity contribution is 5.98. The van der Waals surface area contributed by atoms with Crippen LogP contribution in [0.1, 0.15) is 25.7 Å². The molecular weight excluding hydrogens is 240 g/mol. The average molecular weight is 256 g/mol. The second-order valence-electron chi connectivity index (χ2n) is 8.34. The van der Waals surface area contributed by atoms with Crippen molar-refractivity contribution in [2.45, 2.75) is 25.7 Å². The summed E-state index contributed by atoms with van der Waals surface area (Å²) in [6.07, 6.45) is 5.41. The summed E-state index contributed by atoms with van der Waals surface area (Å²) in [6, 6.07) is 0. The Morgan fingerprint density at radius 1 is 0.789 bits per heavy atom. The first-order valence-electron chi connectivity index (χ1n) is 8.01. The molecule has 0 unspecified atom stereocenters. The van der Waals surface area contributed by atoms with Gasteiger partial charge in [0.1, 0.15) is 0 Å². The van der Waals surface area contributed by atoms with Crippen LogP contribution in [0.3, 0.4) is 0 Å². The molecule has 2 spiro atoms. The molecule has 8 rings (SSSR count). The number of carbonyl (C=O) groups excluding carboxylic acids is 2. The second kappa shape index (κ2) is 2.10. The van der Waals surface area contributed by atoms with E-state index in [9.17, 15) is 9.59 Å². The molecule has 98 valence electrons. The Morgan fingerprint density at radius 2 is 1.26 bits per heavy atom. The first-order chi connectivity index (χ1) is 9.25. The maximum Gasteiger partial charge on any atom is 0.317 e. The van der Waals surface area contributed by atoms with Crippen molar-refractivity contribution in [1.82, 2.24) is 0 Å². The fourth-order valence-corrected chi connectivity index (χ4v) is 9.46. The highest BCUT2D eigenvalue weighted by atomic mass is 16.6. The molecule has 7 saturated carbocycles. The van der Waals surface area contributed by atoms with Crippen LogP contribution in [0.15, 0.2) is 0 Å². The lowest BCUT2D eigenvalue weighted by molar-refractivity contribution is -0.581. The molecule has 0 N–H and O–H groups in total. The van der Waals surface area contributed by atoms with Crippen molar-refractivity contribution in [3.63, 3.8) is 0 Å². The normalized spacial score (nSPS) is 75.6. The van der Waals surface area contributed by atoms with Gasteiger partial charge in [-0.15, -0.1) is 0 Å². The fourth-order valence-electron chi connectivity index (χ4n) is 9.46. The molecule has 2 bridgehead atoms. The molecule has 19 heavy (non-hydrogen) atoms. The topological polar surface area (TPSA) is 43.4 Å². The first kappa shape index (κ1) is 9.15. The molecule has 1 saturated heterocycles. The lowest BCUT2D eigenvalue weighted by Gasteiger charge is -3.04. The van der Waals surface area contributed by atoms with Crippen molar-refractivity contribution >= 4 is 11.9 Å². The zero-order chi connectivity index (χ0) is 12.3. The minimum atomic E-state index is -0.161. The Kier molecular flexibility index (Phi) is 1.01. The molecule has 7 aliphatic carbocycles. The van der Waals surface area contributed by atoms with E-state index >= 15 is 0 Å². The van der Waals surface area contributed by atoms with E-state index in [1.54, 1.807) is 0 Å². The van der Waals surface area contributed by atoms with Crippen molar-refractivity contribution in [2.24, 2.45) is 58.2 Å². The molecule has 0 amide bonds. The molecule has 3 nitrogen and oxygen atoms in total. The molecule has 8 aliphatic rings. The van der Waals surface area contributed by atoms with Gasteiger partial charge in [-0.2, -0.15) is 0 Å². The molecule has 0 aromatic rings. The summed E-state index contributed by atoms with van der Waals surface area (Å²) in [6.45, 7) is 0. The van der Waals surface area contributed by atoms with E-state index in [1.165, 1.54) is 25.7 Å². The molecule has 0 aromatic carbocycles. The van der Waals surface area contributed by atoms with E-state index in [-0.39, 0.29) is 23.8 Å². The number of hydrogen-bond donors (Lipinski definition) is 0. The second-order valence-corrected chi connectivity index (χ2v) is 8.34. The van der Waals surface area contributed by atoms with E-state index < -0.39 is 0 Å². The van der Waals surface area contributed by atoms with Crippen LogP contribution in [0, 0.1) is 58.2 Å². The van der Waals surface area contributed by atoms with Gasteiger partial charge in [-0.3, -0.25) is 9.59 Å². The van der Waals surface area contributed by atoms with E-state index in [2.05, 4.69) is 0 Å². The van der Waals surface area contributed by atoms with Gasteiger partial charge in [0, 0.05) is 0 Å². The third-order valence-electron chi connectivity index (χ3n) is 9.07. The minimum Gasteiger partial charge on any atom is -0.393 e. The van der Waals surface area contributed by atoms with E-state index in [4.69, 9.17) is 4.74 Å². The maximum atomic E-state index is 12.1. The predicted molar refractivity (Wildman–Crippen MR) is 62.4 cm³/mol. The number of esters is 2. The summed E-state index contributed by atoms with van der Waals surface area (Å²) < 4.78 is 5.06. The van der Waals surface area contributed by atoms with Crippen LogP contribution in [-0.2, 0) is 14.3 Å². The minimum absolute atomic E-state index is 0.0255. The van der Waals surface area contributed by atoms with E-state index in [0.717, 1.165) is 23.7 Å². The summed E-state index contributed by atoms with van der Waals surface area (Å²) in [5.74, 6) is 4.27. The van der Waals surface area contributed by atoms with Crippen LogP contribution >= 0.6 is 0 Å². The van der Waals surface area contributed by atoms with Crippen molar-refractivity contribution in [1.29, 1.82) is 0 Å². The predicted octanol–water partition coefficient (Wildman–Crippen LogP) is 1.61. The van der Waals surface area contributed by atoms with E-state index in [0.29, 0.717) is 22.7 Å². The fraction of sp³-hybridized carbons (Fsp3) is 0.875. The summed E-state index contributed by atoms with van der Waals surface area (Å²) in [5.41, 5.74) is 1.01. The third kappa shape index (κ3) is 0.494. The Bertz CT molecular complexity index is 559. The number of rotatable bonds is 0. The van der Waals surface area contributed by atoms with Crippen molar-refractivity contribution in [3.8, 4) is 0 Å². The smallest absolute Gasteiger partial charge is 0.317 e. The van der Waals surface area contributed by atoms with Gasteiger partial charge in [0.15, 0.2) is 0 Å². The SMILES string of the molecule is O=C1OC(=O)[C@H]2[C@H]1[C@@H]1[C@H]3[C@H]4[C@H]2[C@@]25CCCC[C@@]12[C@H]3[C@H]45. The number of cyclic esters (lactones) is 2. The third-order valence-corrected chi connectivity index (χ3v) is 9.07. The summed E-state index contributed by atoms with van der Waals surface area (Å²) in [5, 5.41) is 0. The van der Waals surface area contributed by atoms with Crippen LogP contribution in [0.2, 0.25) is 0 Å². The molecule has 1 aliphatic heterocycles. The van der Waals surface area contributed by atoms with Gasteiger partial charge in [-0.05, 0) is 59.2 Å². The van der Waals surface area contributed by atoms with E-state index in [1.807, 2.05) is 0 Å². The lowest BCUT2D eigenvalue weighted by atomic mass is 8.99. The number of carbonyl (C=O) groups is 2. The Morgan fingerprint density at radius 3 is 1.74 bits per heavy atom. The summed E-state index contributed by atoms with van der Waals surface area (Å²) >= 11 is 0. The number of ether oxygens (including phenoxy) is 1. The van der Waals surface area contributed by atoms with Gasteiger partial charge in [-0.25, -0.2) is 0 Å². The molecule has 0 radical (unpaired) electrons. The zero-order valence-electron chi connectivity index (χ0n) is 10.7. The maximum absolute atomic E-state index is 12.1. The average Bonchev–Trinajstić information content (AvgIpc) is 2.64. The van der Waals surface area contributed by atoms with Crippen molar-refractivity contribution in [2.75, 3.05) is 0 Å². The van der Waals surface area contributed by atoms with Crippen LogP contribution in [0.5, 0.6) is 0 Å². The quantitative estimate of drug-likeness (QED) is 0.488. The van der Waals surface area contributed by atoms with Gasteiger partial charge in [-0.1, -0.05) is 12.8 Å². The highest BCUT2D eigenvalue weighted by Crippen LogP contribution is 3.05. The van der Waals surface area contributed by atoms with Crippen molar-refractivity contribution < 1.29 is 14.3 Å². The highest BCUT2D eigenvalue weighted by Gasteiger charge is 3.03. The molecule has 10 atom stereocenters. The van der Waals surface area contributed by atoms with Gasteiger partial charge in [0.2, 0.25) is 0 Å². The molecule has 3 heteroatoms. The van der Waals surface area contributed by atoms with Crippen LogP contribution in [0.25, 0.3) is 0 Å². The molecule has 8 fully saturated rings. The van der Waals surface area contributed by atoms with Gasteiger partial charge < -0.3 is 4.74 Å². The first-order valence-corrected chi connectivity index (χ1v) is 8.01. The van der Waals surface area contributed by atoms with Gasteiger partial charge in [0.05, 0.1) is 11.8 Å². The zero-order valence-corrected chi connectivity index (χ0v) is 10.7. The largest absolute Gasteiger partial charge is 0.393 e. The summed E-state index contributed by atoms with van der Waals surface area (Å²) in [4.78, 5) is 24.3. The standard InChI is InChI=1S/C16H16O3/c17-13-7-8(14(18)19-13)10-6-5-9(7)15-3-1-2-4-16(10,15)12(6)11(5)15/h5-12H,1-4H2/t5-,6+,7-,8-,9+,10-,11-,12+,15+,16-/m0/s1.